The maximum absolute atomic E-state index is 11.2. The molecule has 1 aliphatic heterocycles. The molecule has 0 radical (unpaired) electrons. The summed E-state index contributed by atoms with van der Waals surface area (Å²) in [6.45, 7) is 4.65. The summed E-state index contributed by atoms with van der Waals surface area (Å²) in [5, 5.41) is 0. The van der Waals surface area contributed by atoms with Gasteiger partial charge in [0.1, 0.15) is 6.10 Å². The van der Waals surface area contributed by atoms with E-state index in [1.54, 1.807) is 12.0 Å². The van der Waals surface area contributed by atoms with E-state index < -0.39 is 0 Å². The predicted octanol–water partition coefficient (Wildman–Crippen LogP) is 1.47. The summed E-state index contributed by atoms with van der Waals surface area (Å²) in [5.74, 6) is 1.37. The average Bonchev–Trinajstić information content (AvgIpc) is 2.32. The monoisotopic (exact) mass is 233 g/mol. The number of carbonyl (C=O) groups is 1. The highest BCUT2D eigenvalue weighted by Crippen LogP contribution is 2.28. The summed E-state index contributed by atoms with van der Waals surface area (Å²) in [5.41, 5.74) is 0. The van der Waals surface area contributed by atoms with Crippen molar-refractivity contribution in [3.8, 4) is 11.5 Å². The smallest absolute Gasteiger partial charge is 0.246 e. The highest BCUT2D eigenvalue weighted by Gasteiger charge is 2.31. The van der Waals surface area contributed by atoms with Gasteiger partial charge < -0.3 is 14.4 Å². The lowest BCUT2D eigenvalue weighted by Gasteiger charge is -2.38. The van der Waals surface area contributed by atoms with Gasteiger partial charge in [0, 0.05) is 0 Å². The van der Waals surface area contributed by atoms with Crippen LogP contribution in [-0.4, -0.2) is 37.1 Å². The molecule has 0 unspecified atom stereocenters. The number of nitrogens with zero attached hydrogens (tertiary/aromatic N) is 1. The number of amides is 1. The van der Waals surface area contributed by atoms with Crippen LogP contribution in [0, 0.1) is 0 Å². The second-order valence-electron chi connectivity index (χ2n) is 3.84. The maximum Gasteiger partial charge on any atom is 0.246 e. The molecule has 17 heavy (non-hydrogen) atoms. The lowest BCUT2D eigenvalue weighted by atomic mass is 10.1. The van der Waals surface area contributed by atoms with E-state index in [1.807, 2.05) is 24.3 Å². The third-order valence-electron chi connectivity index (χ3n) is 2.70. The minimum Gasteiger partial charge on any atom is -0.493 e. The third-order valence-corrected chi connectivity index (χ3v) is 2.70. The van der Waals surface area contributed by atoms with Gasteiger partial charge in [-0.25, -0.2) is 0 Å². The number of rotatable bonds is 4. The molecule has 1 saturated heterocycles. The molecule has 0 aromatic heterocycles. The van der Waals surface area contributed by atoms with Crippen LogP contribution in [0.5, 0.6) is 11.5 Å². The number of likely N-dealkylation sites (tertiary alicyclic amines) is 1. The number of methoxy groups -OCH3 is 1. The van der Waals surface area contributed by atoms with E-state index in [2.05, 4.69) is 6.58 Å². The Labute approximate surface area is 100 Å². The largest absolute Gasteiger partial charge is 0.493 e. The van der Waals surface area contributed by atoms with Crippen LogP contribution in [0.15, 0.2) is 36.9 Å². The molecule has 0 N–H and O–H groups in total. The van der Waals surface area contributed by atoms with Crippen molar-refractivity contribution in [2.24, 2.45) is 0 Å². The quantitative estimate of drug-likeness (QED) is 0.739. The van der Waals surface area contributed by atoms with E-state index in [0.717, 1.165) is 0 Å². The Balaban J connectivity index is 1.91. The van der Waals surface area contributed by atoms with Crippen LogP contribution >= 0.6 is 0 Å². The van der Waals surface area contributed by atoms with Crippen molar-refractivity contribution in [2.45, 2.75) is 6.10 Å². The number of hydrogen-bond donors (Lipinski definition) is 0. The minimum absolute atomic E-state index is 0.0372. The predicted molar refractivity (Wildman–Crippen MR) is 64.2 cm³/mol. The van der Waals surface area contributed by atoms with Gasteiger partial charge >= 0.3 is 0 Å². The second-order valence-corrected chi connectivity index (χ2v) is 3.84. The Morgan fingerprint density at radius 2 is 2.06 bits per heavy atom. The average molecular weight is 233 g/mol. The summed E-state index contributed by atoms with van der Waals surface area (Å²) in [6, 6.07) is 7.49. The molecular weight excluding hydrogens is 218 g/mol. The first kappa shape index (κ1) is 11.5. The summed E-state index contributed by atoms with van der Waals surface area (Å²) in [4.78, 5) is 12.9. The molecule has 2 rings (SSSR count). The van der Waals surface area contributed by atoms with E-state index in [0.29, 0.717) is 24.6 Å². The highest BCUT2D eigenvalue weighted by molar-refractivity contribution is 5.87. The van der Waals surface area contributed by atoms with Crippen molar-refractivity contribution in [3.63, 3.8) is 0 Å². The lowest BCUT2D eigenvalue weighted by Crippen LogP contribution is -2.55. The van der Waals surface area contributed by atoms with Crippen molar-refractivity contribution in [3.05, 3.63) is 36.9 Å². The molecule has 4 heteroatoms. The van der Waals surface area contributed by atoms with Crippen molar-refractivity contribution in [1.29, 1.82) is 0 Å². The molecule has 1 fully saturated rings. The van der Waals surface area contributed by atoms with Crippen molar-refractivity contribution in [2.75, 3.05) is 20.2 Å². The third kappa shape index (κ3) is 2.41. The van der Waals surface area contributed by atoms with E-state index in [4.69, 9.17) is 9.47 Å². The molecule has 4 nitrogen and oxygen atoms in total. The van der Waals surface area contributed by atoms with Crippen molar-refractivity contribution < 1.29 is 14.3 Å². The number of carbonyl (C=O) groups excluding carboxylic acids is 1. The Kier molecular flexibility index (Phi) is 3.32. The van der Waals surface area contributed by atoms with Gasteiger partial charge in [-0.3, -0.25) is 4.79 Å². The molecule has 90 valence electrons. The maximum atomic E-state index is 11.2. The van der Waals surface area contributed by atoms with Crippen LogP contribution in [0.25, 0.3) is 0 Å². The number of ether oxygens (including phenoxy) is 2. The molecule has 0 bridgehead atoms. The second kappa shape index (κ2) is 4.91. The van der Waals surface area contributed by atoms with Gasteiger partial charge in [0.25, 0.3) is 0 Å². The van der Waals surface area contributed by atoms with E-state index in [-0.39, 0.29) is 12.0 Å². The molecule has 0 saturated carbocycles. The summed E-state index contributed by atoms with van der Waals surface area (Å²) >= 11 is 0. The first-order valence-corrected chi connectivity index (χ1v) is 5.45. The van der Waals surface area contributed by atoms with Crippen LogP contribution in [0.1, 0.15) is 0 Å². The van der Waals surface area contributed by atoms with E-state index in [9.17, 15) is 4.79 Å². The summed E-state index contributed by atoms with van der Waals surface area (Å²) < 4.78 is 10.9. The SMILES string of the molecule is C=CC(=O)N1CC(Oc2ccccc2OC)C1. The lowest BCUT2D eigenvalue weighted by molar-refractivity contribution is -0.134. The molecule has 0 spiro atoms. The zero-order chi connectivity index (χ0) is 12.3. The molecular formula is C13H15NO3. The first-order chi connectivity index (χ1) is 8.24. The summed E-state index contributed by atoms with van der Waals surface area (Å²) in [6.07, 6.45) is 1.36. The van der Waals surface area contributed by atoms with E-state index in [1.165, 1.54) is 6.08 Å². The Morgan fingerprint density at radius 3 is 2.65 bits per heavy atom. The van der Waals surface area contributed by atoms with Crippen LogP contribution < -0.4 is 9.47 Å². The zero-order valence-electron chi connectivity index (χ0n) is 9.76. The van der Waals surface area contributed by atoms with Crippen molar-refractivity contribution in [1.82, 2.24) is 4.90 Å². The molecule has 1 heterocycles. The van der Waals surface area contributed by atoms with Gasteiger partial charge in [0.05, 0.1) is 20.2 Å². The molecule has 1 aromatic carbocycles. The Hall–Kier alpha value is -1.97. The number of hydrogen-bond acceptors (Lipinski definition) is 3. The van der Waals surface area contributed by atoms with Gasteiger partial charge in [0.15, 0.2) is 11.5 Å². The summed E-state index contributed by atoms with van der Waals surface area (Å²) in [7, 11) is 1.61. The van der Waals surface area contributed by atoms with Crippen LogP contribution in [0.2, 0.25) is 0 Å². The normalized spacial score (nSPS) is 15.0. The van der Waals surface area contributed by atoms with Crippen molar-refractivity contribution >= 4 is 5.91 Å². The Bertz CT molecular complexity index is 424. The topological polar surface area (TPSA) is 38.8 Å². The standard InChI is InChI=1S/C13H15NO3/c1-3-13(15)14-8-10(9-14)17-12-7-5-4-6-11(12)16-2/h3-7,10H,1,8-9H2,2H3. The molecule has 0 aliphatic carbocycles. The fourth-order valence-electron chi connectivity index (χ4n) is 1.72. The number of para-hydroxylation sites is 2. The van der Waals surface area contributed by atoms with Gasteiger partial charge in [-0.15, -0.1) is 0 Å². The van der Waals surface area contributed by atoms with Gasteiger partial charge in [0.2, 0.25) is 5.91 Å². The molecule has 1 amide bonds. The fraction of sp³-hybridized carbons (Fsp3) is 0.308. The number of benzene rings is 1. The van der Waals surface area contributed by atoms with Crippen LogP contribution in [-0.2, 0) is 4.79 Å². The van der Waals surface area contributed by atoms with Crippen LogP contribution in [0.4, 0.5) is 0 Å². The molecule has 1 aliphatic rings. The van der Waals surface area contributed by atoms with E-state index >= 15 is 0 Å². The fourth-order valence-corrected chi connectivity index (χ4v) is 1.72. The van der Waals surface area contributed by atoms with Gasteiger partial charge in [-0.2, -0.15) is 0 Å². The first-order valence-electron chi connectivity index (χ1n) is 5.45. The van der Waals surface area contributed by atoms with Gasteiger partial charge in [-0.05, 0) is 18.2 Å². The molecule has 0 atom stereocenters. The zero-order valence-corrected chi connectivity index (χ0v) is 9.76. The minimum atomic E-state index is -0.0510. The van der Waals surface area contributed by atoms with Gasteiger partial charge in [-0.1, -0.05) is 18.7 Å². The highest BCUT2D eigenvalue weighted by atomic mass is 16.5. The molecule has 1 aromatic rings. The Morgan fingerprint density at radius 1 is 1.41 bits per heavy atom. The van der Waals surface area contributed by atoms with Crippen LogP contribution in [0.3, 0.4) is 0 Å².